The van der Waals surface area contributed by atoms with Gasteiger partial charge in [-0.3, -0.25) is 4.98 Å². The summed E-state index contributed by atoms with van der Waals surface area (Å²) in [6, 6.07) is 5.07. The number of aliphatic hydroxyl groups excluding tert-OH is 1. The number of hydrogen-bond donors (Lipinski definition) is 2. The third-order valence-electron chi connectivity index (χ3n) is 4.71. The number of aliphatic hydroxyl groups is 1. The molecule has 1 aromatic heterocycles. The van der Waals surface area contributed by atoms with Crippen molar-refractivity contribution >= 4 is 11.8 Å². The maximum absolute atomic E-state index is 13.5. The van der Waals surface area contributed by atoms with Gasteiger partial charge in [0.05, 0.1) is 30.7 Å². The molecule has 1 saturated heterocycles. The van der Waals surface area contributed by atoms with Crippen LogP contribution in [0.5, 0.6) is 0 Å². The third kappa shape index (κ3) is 3.89. The minimum absolute atomic E-state index is 0.200. The van der Waals surface area contributed by atoms with Gasteiger partial charge in [0.15, 0.2) is 17.2 Å². The Morgan fingerprint density at radius 2 is 2.18 bits per heavy atom. The highest BCUT2D eigenvalue weighted by molar-refractivity contribution is 5.67. The molecule has 1 aliphatic rings. The van der Waals surface area contributed by atoms with Crippen LogP contribution in [0, 0.1) is 24.0 Å². The SMILES string of the molecule is C#CC1(OC(N)=O)CCCN(c2cnc(-c3ccc(F)c(F)c3)cc2CO)C1. The molecule has 1 fully saturated rings. The first-order chi connectivity index (χ1) is 13.4. The van der Waals surface area contributed by atoms with E-state index in [2.05, 4.69) is 10.9 Å². The van der Waals surface area contributed by atoms with E-state index in [-0.39, 0.29) is 13.2 Å². The molecule has 3 rings (SSSR count). The molecule has 2 aromatic rings. The van der Waals surface area contributed by atoms with Gasteiger partial charge >= 0.3 is 6.09 Å². The molecule has 1 aromatic carbocycles. The highest BCUT2D eigenvalue weighted by atomic mass is 19.2. The number of halogens is 2. The predicted octanol–water partition coefficient (Wildman–Crippen LogP) is 2.59. The van der Waals surface area contributed by atoms with Crippen molar-refractivity contribution < 1.29 is 23.4 Å². The average molecular weight is 387 g/mol. The molecule has 28 heavy (non-hydrogen) atoms. The van der Waals surface area contributed by atoms with Crippen LogP contribution in [0.2, 0.25) is 0 Å². The van der Waals surface area contributed by atoms with E-state index in [1.54, 1.807) is 6.07 Å². The molecule has 0 aliphatic carbocycles. The molecule has 8 heteroatoms. The number of anilines is 1. The lowest BCUT2D eigenvalue weighted by atomic mass is 9.92. The molecule has 1 aliphatic heterocycles. The molecule has 146 valence electrons. The molecule has 2 heterocycles. The summed E-state index contributed by atoms with van der Waals surface area (Å²) in [6.07, 6.45) is 7.28. The highest BCUT2D eigenvalue weighted by Gasteiger charge is 2.38. The summed E-state index contributed by atoms with van der Waals surface area (Å²) in [4.78, 5) is 17.4. The van der Waals surface area contributed by atoms with Gasteiger partial charge in [0.1, 0.15) is 0 Å². The first-order valence-electron chi connectivity index (χ1n) is 8.64. The topological polar surface area (TPSA) is 88.7 Å². The lowest BCUT2D eigenvalue weighted by molar-refractivity contribution is 0.0499. The maximum Gasteiger partial charge on any atom is 0.406 e. The Balaban J connectivity index is 1.93. The molecule has 1 atom stereocenters. The Hall–Kier alpha value is -3.18. The van der Waals surface area contributed by atoms with Crippen LogP contribution in [0.3, 0.4) is 0 Å². The van der Waals surface area contributed by atoms with E-state index in [1.807, 2.05) is 4.90 Å². The Bertz CT molecular complexity index is 945. The van der Waals surface area contributed by atoms with E-state index in [9.17, 15) is 18.7 Å². The molecular weight excluding hydrogens is 368 g/mol. The zero-order chi connectivity index (χ0) is 20.3. The fourth-order valence-electron chi connectivity index (χ4n) is 3.37. The lowest BCUT2D eigenvalue weighted by Crippen LogP contribution is -2.51. The molecule has 0 saturated carbocycles. The molecule has 0 radical (unpaired) electrons. The van der Waals surface area contributed by atoms with Crippen molar-refractivity contribution in [3.05, 3.63) is 47.7 Å². The van der Waals surface area contributed by atoms with E-state index in [0.29, 0.717) is 41.9 Å². The van der Waals surface area contributed by atoms with Crippen molar-refractivity contribution in [1.82, 2.24) is 4.98 Å². The van der Waals surface area contributed by atoms with Crippen LogP contribution in [0.4, 0.5) is 19.3 Å². The molecule has 0 spiro atoms. The summed E-state index contributed by atoms with van der Waals surface area (Å²) >= 11 is 0. The Morgan fingerprint density at radius 3 is 2.82 bits per heavy atom. The van der Waals surface area contributed by atoms with Crippen LogP contribution in [-0.4, -0.2) is 34.9 Å². The fraction of sp³-hybridized carbons (Fsp3) is 0.300. The predicted molar refractivity (Wildman–Crippen MR) is 99.2 cm³/mol. The van der Waals surface area contributed by atoms with Crippen LogP contribution < -0.4 is 10.6 Å². The number of aromatic nitrogens is 1. The van der Waals surface area contributed by atoms with Crippen molar-refractivity contribution in [3.63, 3.8) is 0 Å². The number of pyridine rings is 1. The lowest BCUT2D eigenvalue weighted by Gasteiger charge is -2.40. The van der Waals surface area contributed by atoms with Gasteiger partial charge in [0.2, 0.25) is 0 Å². The minimum atomic E-state index is -1.16. The number of primary amides is 1. The van der Waals surface area contributed by atoms with Crippen molar-refractivity contribution in [2.45, 2.75) is 25.0 Å². The zero-order valence-corrected chi connectivity index (χ0v) is 15.0. The number of carbonyl (C=O) groups is 1. The summed E-state index contributed by atoms with van der Waals surface area (Å²) in [5, 5.41) is 9.82. The number of terminal acetylenes is 1. The average Bonchev–Trinajstić information content (AvgIpc) is 2.69. The van der Waals surface area contributed by atoms with Crippen molar-refractivity contribution in [2.75, 3.05) is 18.0 Å². The van der Waals surface area contributed by atoms with Gasteiger partial charge < -0.3 is 20.5 Å². The van der Waals surface area contributed by atoms with Gasteiger partial charge in [-0.2, -0.15) is 0 Å². The first kappa shape index (κ1) is 19.6. The van der Waals surface area contributed by atoms with Crippen LogP contribution in [0.15, 0.2) is 30.5 Å². The number of benzene rings is 1. The largest absolute Gasteiger partial charge is 0.428 e. The molecule has 1 unspecified atom stereocenters. The Labute approximate surface area is 160 Å². The standard InChI is InChI=1S/C20H19F2N3O3/c1-2-20(28-19(23)27)6-3-7-25(12-20)18-10-24-17(9-14(18)11-26)13-4-5-15(21)16(22)8-13/h1,4-5,8-10,26H,3,6-7,11-12H2,(H2,23,27). The van der Waals surface area contributed by atoms with Crippen molar-refractivity contribution in [2.24, 2.45) is 5.73 Å². The Morgan fingerprint density at radius 1 is 1.39 bits per heavy atom. The number of amides is 1. The van der Waals surface area contributed by atoms with E-state index in [1.165, 1.54) is 12.3 Å². The van der Waals surface area contributed by atoms with Crippen molar-refractivity contribution in [1.29, 1.82) is 0 Å². The number of carbonyl (C=O) groups excluding carboxylic acids is 1. The normalized spacial score (nSPS) is 19.1. The van der Waals surface area contributed by atoms with Crippen LogP contribution >= 0.6 is 0 Å². The quantitative estimate of drug-likeness (QED) is 0.788. The van der Waals surface area contributed by atoms with Crippen LogP contribution in [0.1, 0.15) is 18.4 Å². The summed E-state index contributed by atoms with van der Waals surface area (Å²) in [6.45, 7) is 0.515. The van der Waals surface area contributed by atoms with Crippen LogP contribution in [-0.2, 0) is 11.3 Å². The molecular formula is C20H19F2N3O3. The number of hydrogen-bond acceptors (Lipinski definition) is 5. The minimum Gasteiger partial charge on any atom is -0.428 e. The summed E-state index contributed by atoms with van der Waals surface area (Å²) < 4.78 is 31.8. The van der Waals surface area contributed by atoms with E-state index in [4.69, 9.17) is 16.9 Å². The summed E-state index contributed by atoms with van der Waals surface area (Å²) in [7, 11) is 0. The zero-order valence-electron chi connectivity index (χ0n) is 15.0. The van der Waals surface area contributed by atoms with Gasteiger partial charge in [-0.1, -0.05) is 5.92 Å². The molecule has 0 bridgehead atoms. The van der Waals surface area contributed by atoms with Gasteiger partial charge in [0, 0.05) is 24.1 Å². The van der Waals surface area contributed by atoms with E-state index in [0.717, 1.165) is 12.1 Å². The fourth-order valence-corrected chi connectivity index (χ4v) is 3.37. The molecule has 3 N–H and O–H groups in total. The molecule has 6 nitrogen and oxygen atoms in total. The smallest absolute Gasteiger partial charge is 0.406 e. The monoisotopic (exact) mass is 387 g/mol. The highest BCUT2D eigenvalue weighted by Crippen LogP contribution is 2.32. The third-order valence-corrected chi connectivity index (χ3v) is 4.71. The second-order valence-electron chi connectivity index (χ2n) is 6.57. The van der Waals surface area contributed by atoms with Gasteiger partial charge in [-0.25, -0.2) is 13.6 Å². The van der Waals surface area contributed by atoms with E-state index >= 15 is 0 Å². The second-order valence-corrected chi connectivity index (χ2v) is 6.57. The second kappa shape index (κ2) is 7.82. The van der Waals surface area contributed by atoms with Gasteiger partial charge in [-0.15, -0.1) is 6.42 Å². The Kier molecular flexibility index (Phi) is 5.47. The number of piperidine rings is 1. The summed E-state index contributed by atoms with van der Waals surface area (Å²) in [5.41, 5.74) is 5.90. The van der Waals surface area contributed by atoms with Crippen molar-refractivity contribution in [3.8, 4) is 23.6 Å². The first-order valence-corrected chi connectivity index (χ1v) is 8.64. The number of rotatable bonds is 4. The van der Waals surface area contributed by atoms with Crippen LogP contribution in [0.25, 0.3) is 11.3 Å². The van der Waals surface area contributed by atoms with Gasteiger partial charge in [-0.05, 0) is 30.7 Å². The van der Waals surface area contributed by atoms with Gasteiger partial charge in [0.25, 0.3) is 0 Å². The summed E-state index contributed by atoms with van der Waals surface area (Å²) in [5.74, 6) is 0.583. The number of ether oxygens (including phenoxy) is 1. The van der Waals surface area contributed by atoms with E-state index < -0.39 is 23.3 Å². The number of nitrogens with two attached hydrogens (primary N) is 1. The molecule has 1 amide bonds. The maximum atomic E-state index is 13.5. The number of nitrogens with zero attached hydrogens (tertiary/aromatic N) is 2.